The molecule has 0 aromatic heterocycles. The first kappa shape index (κ1) is 23.4. The predicted octanol–water partition coefficient (Wildman–Crippen LogP) is 4.31. The molecule has 7 heteroatoms. The van der Waals surface area contributed by atoms with Crippen molar-refractivity contribution < 1.29 is 24.2 Å². The quantitative estimate of drug-likeness (QED) is 0.500. The van der Waals surface area contributed by atoms with E-state index in [1.165, 1.54) is 11.1 Å². The van der Waals surface area contributed by atoms with Crippen LogP contribution in [0.15, 0.2) is 48.5 Å². The molecule has 3 unspecified atom stereocenters. The molecular formula is C28H32N2O5. The Kier molecular flexibility index (Phi) is 6.75. The molecule has 35 heavy (non-hydrogen) atoms. The zero-order valence-electron chi connectivity index (χ0n) is 19.7. The lowest BCUT2D eigenvalue weighted by atomic mass is 9.98. The second-order valence-electron chi connectivity index (χ2n) is 10.2. The van der Waals surface area contributed by atoms with E-state index >= 15 is 0 Å². The van der Waals surface area contributed by atoms with Gasteiger partial charge in [-0.1, -0.05) is 48.5 Å². The first-order valence-corrected chi connectivity index (χ1v) is 12.6. The highest BCUT2D eigenvalue weighted by atomic mass is 16.5. The van der Waals surface area contributed by atoms with Gasteiger partial charge in [0.1, 0.15) is 12.6 Å². The van der Waals surface area contributed by atoms with Crippen LogP contribution in [-0.4, -0.2) is 42.3 Å². The maximum Gasteiger partial charge on any atom is 0.407 e. The summed E-state index contributed by atoms with van der Waals surface area (Å²) in [6.07, 6.45) is 4.07. The lowest BCUT2D eigenvalue weighted by Gasteiger charge is -2.20. The SMILES string of the molecule is O=C(O)CC1CCC(CNC(=O)C(NC(=O)OCC2c3ccccc3-c3ccccc32)C2CC2)C1. The molecule has 0 bridgehead atoms. The molecule has 3 N–H and O–H groups in total. The number of benzene rings is 2. The highest BCUT2D eigenvalue weighted by Gasteiger charge is 2.38. The number of carboxylic acid groups (broad SMARTS) is 1. The lowest BCUT2D eigenvalue weighted by molar-refractivity contribution is -0.138. The molecule has 0 aliphatic heterocycles. The van der Waals surface area contributed by atoms with Gasteiger partial charge < -0.3 is 20.5 Å². The highest BCUT2D eigenvalue weighted by molar-refractivity contribution is 5.86. The summed E-state index contributed by atoms with van der Waals surface area (Å²) in [5.41, 5.74) is 4.64. The van der Waals surface area contributed by atoms with E-state index in [1.807, 2.05) is 24.3 Å². The van der Waals surface area contributed by atoms with E-state index in [4.69, 9.17) is 9.84 Å². The number of carbonyl (C=O) groups excluding carboxylic acids is 2. The van der Waals surface area contributed by atoms with Gasteiger partial charge >= 0.3 is 12.1 Å². The molecule has 3 aliphatic carbocycles. The number of alkyl carbamates (subject to hydrolysis) is 1. The minimum absolute atomic E-state index is 0.0255. The third-order valence-corrected chi connectivity index (χ3v) is 7.67. The van der Waals surface area contributed by atoms with Crippen molar-refractivity contribution in [2.45, 2.75) is 50.5 Å². The molecule has 7 nitrogen and oxygen atoms in total. The number of amides is 2. The molecule has 0 spiro atoms. The van der Waals surface area contributed by atoms with Crippen LogP contribution in [0.1, 0.15) is 55.6 Å². The number of fused-ring (bicyclic) bond motifs is 3. The smallest absolute Gasteiger partial charge is 0.407 e. The Morgan fingerprint density at radius 1 is 0.914 bits per heavy atom. The minimum atomic E-state index is -0.763. The van der Waals surface area contributed by atoms with E-state index in [-0.39, 0.29) is 42.6 Å². The number of nitrogens with one attached hydrogen (secondary N) is 2. The first-order valence-electron chi connectivity index (χ1n) is 12.6. The van der Waals surface area contributed by atoms with E-state index in [0.717, 1.165) is 43.2 Å². The summed E-state index contributed by atoms with van der Waals surface area (Å²) >= 11 is 0. The fraction of sp³-hybridized carbons (Fsp3) is 0.464. The van der Waals surface area contributed by atoms with Crippen LogP contribution in [-0.2, 0) is 14.3 Å². The normalized spacial score (nSPS) is 21.6. The van der Waals surface area contributed by atoms with Crippen molar-refractivity contribution >= 4 is 18.0 Å². The number of aliphatic carboxylic acids is 1. The third-order valence-electron chi connectivity index (χ3n) is 7.67. The monoisotopic (exact) mass is 476 g/mol. The molecule has 184 valence electrons. The maximum absolute atomic E-state index is 12.9. The summed E-state index contributed by atoms with van der Waals surface area (Å²) in [4.78, 5) is 36.5. The number of carbonyl (C=O) groups is 3. The van der Waals surface area contributed by atoms with Crippen molar-refractivity contribution in [1.29, 1.82) is 0 Å². The topological polar surface area (TPSA) is 105 Å². The summed E-state index contributed by atoms with van der Waals surface area (Å²) in [6, 6.07) is 15.8. The van der Waals surface area contributed by atoms with Gasteiger partial charge in [0, 0.05) is 18.9 Å². The van der Waals surface area contributed by atoms with Crippen LogP contribution in [0.25, 0.3) is 11.1 Å². The largest absolute Gasteiger partial charge is 0.481 e. The van der Waals surface area contributed by atoms with Gasteiger partial charge in [-0.25, -0.2) is 4.79 Å². The van der Waals surface area contributed by atoms with Gasteiger partial charge in [-0.05, 0) is 72.1 Å². The van der Waals surface area contributed by atoms with Gasteiger partial charge in [-0.2, -0.15) is 0 Å². The van der Waals surface area contributed by atoms with E-state index in [1.54, 1.807) is 0 Å². The van der Waals surface area contributed by atoms with Gasteiger partial charge in [-0.3, -0.25) is 9.59 Å². The molecule has 2 amide bonds. The van der Waals surface area contributed by atoms with Crippen LogP contribution in [0, 0.1) is 17.8 Å². The molecule has 3 atom stereocenters. The molecule has 2 fully saturated rings. The number of rotatable bonds is 9. The molecule has 2 aromatic rings. The fourth-order valence-corrected chi connectivity index (χ4v) is 5.75. The molecule has 2 saturated carbocycles. The second kappa shape index (κ2) is 10.1. The van der Waals surface area contributed by atoms with Crippen molar-refractivity contribution in [3.63, 3.8) is 0 Å². The van der Waals surface area contributed by atoms with Crippen molar-refractivity contribution in [3.8, 4) is 11.1 Å². The zero-order chi connectivity index (χ0) is 24.4. The Morgan fingerprint density at radius 2 is 1.54 bits per heavy atom. The molecule has 3 aliphatic rings. The second-order valence-corrected chi connectivity index (χ2v) is 10.2. The van der Waals surface area contributed by atoms with Crippen LogP contribution < -0.4 is 10.6 Å². The van der Waals surface area contributed by atoms with Crippen LogP contribution in [0.5, 0.6) is 0 Å². The van der Waals surface area contributed by atoms with Gasteiger partial charge in [-0.15, -0.1) is 0 Å². The van der Waals surface area contributed by atoms with Gasteiger partial charge in [0.25, 0.3) is 0 Å². The number of carboxylic acids is 1. The average Bonchev–Trinajstić information content (AvgIpc) is 3.52. The van der Waals surface area contributed by atoms with Gasteiger partial charge in [0.2, 0.25) is 5.91 Å². The van der Waals surface area contributed by atoms with Crippen molar-refractivity contribution in [1.82, 2.24) is 10.6 Å². The Hall–Kier alpha value is -3.35. The Labute approximate surface area is 205 Å². The highest BCUT2D eigenvalue weighted by Crippen LogP contribution is 2.44. The summed E-state index contributed by atoms with van der Waals surface area (Å²) in [5, 5.41) is 14.8. The van der Waals surface area contributed by atoms with Crippen LogP contribution in [0.2, 0.25) is 0 Å². The van der Waals surface area contributed by atoms with E-state index in [0.29, 0.717) is 6.54 Å². The van der Waals surface area contributed by atoms with Crippen molar-refractivity contribution in [3.05, 3.63) is 59.7 Å². The average molecular weight is 477 g/mol. The van der Waals surface area contributed by atoms with Crippen LogP contribution >= 0.6 is 0 Å². The number of ether oxygens (including phenoxy) is 1. The molecule has 0 radical (unpaired) electrons. The third kappa shape index (κ3) is 5.34. The Bertz CT molecular complexity index is 1070. The lowest BCUT2D eigenvalue weighted by Crippen LogP contribution is -2.49. The molecule has 5 rings (SSSR count). The molecule has 2 aromatic carbocycles. The standard InChI is InChI=1S/C28H32N2O5/c31-25(32)14-17-9-10-18(13-17)15-29-27(33)26(19-11-12-19)30-28(34)35-16-24-22-7-3-1-5-20(22)21-6-2-4-8-23(21)24/h1-8,17-19,24,26H,9-16H2,(H,29,33)(H,30,34)(H,31,32). The zero-order valence-corrected chi connectivity index (χ0v) is 19.7. The van der Waals surface area contributed by atoms with E-state index in [2.05, 4.69) is 34.9 Å². The molecular weight excluding hydrogens is 444 g/mol. The minimum Gasteiger partial charge on any atom is -0.481 e. The van der Waals surface area contributed by atoms with Gasteiger partial charge in [0.15, 0.2) is 0 Å². The van der Waals surface area contributed by atoms with E-state index < -0.39 is 18.1 Å². The number of hydrogen-bond acceptors (Lipinski definition) is 4. The van der Waals surface area contributed by atoms with Crippen LogP contribution in [0.4, 0.5) is 4.79 Å². The summed E-state index contributed by atoms with van der Waals surface area (Å²) < 4.78 is 5.64. The molecule has 0 saturated heterocycles. The van der Waals surface area contributed by atoms with Crippen LogP contribution in [0.3, 0.4) is 0 Å². The summed E-state index contributed by atoms with van der Waals surface area (Å²) in [6.45, 7) is 0.733. The Balaban J connectivity index is 1.14. The molecule has 0 heterocycles. The fourth-order valence-electron chi connectivity index (χ4n) is 5.75. The van der Waals surface area contributed by atoms with Crippen molar-refractivity contribution in [2.24, 2.45) is 17.8 Å². The first-order chi connectivity index (χ1) is 17.0. The summed E-state index contributed by atoms with van der Waals surface area (Å²) in [7, 11) is 0. The Morgan fingerprint density at radius 3 is 2.17 bits per heavy atom. The predicted molar refractivity (Wildman–Crippen MR) is 131 cm³/mol. The van der Waals surface area contributed by atoms with Gasteiger partial charge in [0.05, 0.1) is 0 Å². The van der Waals surface area contributed by atoms with Crippen molar-refractivity contribution in [2.75, 3.05) is 13.2 Å². The number of hydrogen-bond donors (Lipinski definition) is 3. The van der Waals surface area contributed by atoms with E-state index in [9.17, 15) is 14.4 Å². The maximum atomic E-state index is 12.9. The summed E-state index contributed by atoms with van der Waals surface area (Å²) in [5.74, 6) is -0.352.